The van der Waals surface area contributed by atoms with E-state index >= 15 is 0 Å². The van der Waals surface area contributed by atoms with E-state index < -0.39 is 0 Å². The second kappa shape index (κ2) is 12.4. The van der Waals surface area contributed by atoms with Crippen molar-refractivity contribution >= 4 is 17.6 Å². The summed E-state index contributed by atoms with van der Waals surface area (Å²) in [6.45, 7) is 17.3. The molecule has 0 radical (unpaired) electrons. The third kappa shape index (κ3) is 8.76. The molecule has 1 aromatic carbocycles. The molecule has 3 nitrogen and oxygen atoms in total. The maximum atomic E-state index is 12.6. The number of nitrogens with zero attached hydrogens (tertiary/aromatic N) is 1. The first kappa shape index (κ1) is 27.9. The van der Waals surface area contributed by atoms with Gasteiger partial charge in [-0.1, -0.05) is 76.4 Å². The second-order valence-electron chi connectivity index (χ2n) is 11.3. The van der Waals surface area contributed by atoms with Crippen molar-refractivity contribution in [3.05, 3.63) is 46.5 Å². The van der Waals surface area contributed by atoms with Crippen LogP contribution in [-0.4, -0.2) is 35.6 Å². The van der Waals surface area contributed by atoms with Gasteiger partial charge in [-0.3, -0.25) is 9.69 Å². The van der Waals surface area contributed by atoms with Crippen LogP contribution in [-0.2, 0) is 14.9 Å². The molecular weight excluding hydrogens is 430 g/mol. The molecule has 1 unspecified atom stereocenters. The number of benzene rings is 1. The first-order chi connectivity index (χ1) is 15.5. The molecule has 0 aromatic heterocycles. The summed E-state index contributed by atoms with van der Waals surface area (Å²) in [5.41, 5.74) is 2.40. The van der Waals surface area contributed by atoms with Gasteiger partial charge in [0.15, 0.2) is 0 Å². The normalized spacial score (nSPS) is 17.6. The van der Waals surface area contributed by atoms with Crippen molar-refractivity contribution in [3.63, 3.8) is 0 Å². The van der Waals surface area contributed by atoms with Crippen molar-refractivity contribution in [2.75, 3.05) is 13.1 Å². The summed E-state index contributed by atoms with van der Waals surface area (Å²) in [6, 6.07) is 8.65. The summed E-state index contributed by atoms with van der Waals surface area (Å²) in [7, 11) is 0. The molecule has 0 aliphatic carbocycles. The van der Waals surface area contributed by atoms with Crippen LogP contribution in [0.15, 0.2) is 35.9 Å². The van der Waals surface area contributed by atoms with Crippen molar-refractivity contribution in [2.24, 2.45) is 5.92 Å². The van der Waals surface area contributed by atoms with Gasteiger partial charge in [-0.2, -0.15) is 0 Å². The molecule has 1 aliphatic rings. The van der Waals surface area contributed by atoms with Gasteiger partial charge in [0.1, 0.15) is 5.60 Å². The molecule has 0 bridgehead atoms. The number of esters is 1. The van der Waals surface area contributed by atoms with E-state index in [9.17, 15) is 4.79 Å². The smallest absolute Gasteiger partial charge is 0.306 e. The van der Waals surface area contributed by atoms with Gasteiger partial charge in [-0.05, 0) is 75.0 Å². The Balaban J connectivity index is 2.15. The van der Waals surface area contributed by atoms with Gasteiger partial charge in [0.05, 0.1) is 0 Å². The number of carbonyl (C=O) groups is 1. The van der Waals surface area contributed by atoms with Crippen molar-refractivity contribution in [1.29, 1.82) is 0 Å². The molecule has 1 aliphatic heterocycles. The fraction of sp³-hybridized carbons (Fsp3) is 0.690. The Bertz CT molecular complexity index is 769. The highest BCUT2D eigenvalue weighted by Crippen LogP contribution is 2.36. The summed E-state index contributed by atoms with van der Waals surface area (Å²) < 4.78 is 6.19. The average molecular weight is 476 g/mol. The van der Waals surface area contributed by atoms with E-state index in [0.717, 1.165) is 56.6 Å². The first-order valence-electron chi connectivity index (χ1n) is 12.8. The maximum absolute atomic E-state index is 12.6. The minimum absolute atomic E-state index is 0.0285. The molecule has 0 saturated carbocycles. The minimum atomic E-state index is -0.292. The van der Waals surface area contributed by atoms with Crippen molar-refractivity contribution in [1.82, 2.24) is 4.90 Å². The predicted molar refractivity (Wildman–Crippen MR) is 141 cm³/mol. The number of carbonyl (C=O) groups excluding carboxylic acids is 1. The van der Waals surface area contributed by atoms with Gasteiger partial charge in [0.2, 0.25) is 0 Å². The highest BCUT2D eigenvalue weighted by molar-refractivity contribution is 6.30. The third-order valence-corrected chi connectivity index (χ3v) is 7.19. The molecule has 1 aromatic rings. The predicted octanol–water partition coefficient (Wildman–Crippen LogP) is 7.96. The average Bonchev–Trinajstić information content (AvgIpc) is 2.71. The van der Waals surface area contributed by atoms with Crippen LogP contribution in [0.1, 0.15) is 99.0 Å². The Labute approximate surface area is 207 Å². The van der Waals surface area contributed by atoms with Crippen LogP contribution in [0.2, 0.25) is 5.02 Å². The van der Waals surface area contributed by atoms with Crippen LogP contribution >= 0.6 is 11.6 Å². The molecule has 1 heterocycles. The Morgan fingerprint density at radius 2 is 1.79 bits per heavy atom. The first-order valence-corrected chi connectivity index (χ1v) is 13.2. The number of unbranched alkanes of at least 4 members (excludes halogenated alkanes) is 1. The molecule has 1 atom stereocenters. The zero-order valence-corrected chi connectivity index (χ0v) is 22.8. The van der Waals surface area contributed by atoms with E-state index in [0.29, 0.717) is 18.4 Å². The molecule has 0 spiro atoms. The molecule has 4 heteroatoms. The fourth-order valence-corrected chi connectivity index (χ4v) is 5.13. The molecule has 0 N–H and O–H groups in total. The number of allylic oxidation sites excluding steroid dienone is 1. The standard InChI is InChI=1S/C29H46ClNO2/c1-8-9-14-29(33-27(32)20-23(4)5)15-17-31(18-16-29)26(19-22(2)3)21-28(6,7)24-10-12-25(30)13-11-24/h10-13,19,23,26H,8-9,14-18,20-21H2,1-7H3. The number of rotatable bonds is 11. The number of halogens is 1. The quantitative estimate of drug-likeness (QED) is 0.240. The number of likely N-dealkylation sites (tertiary alicyclic amines) is 1. The zero-order valence-electron chi connectivity index (χ0n) is 22.0. The van der Waals surface area contributed by atoms with Gasteiger partial charge < -0.3 is 4.74 Å². The van der Waals surface area contributed by atoms with Crippen LogP contribution in [0, 0.1) is 5.92 Å². The molecule has 1 saturated heterocycles. The largest absolute Gasteiger partial charge is 0.459 e. The van der Waals surface area contributed by atoms with E-state index in [2.05, 4.69) is 71.6 Å². The van der Waals surface area contributed by atoms with E-state index in [1.54, 1.807) is 0 Å². The SMILES string of the molecule is CCCCC1(OC(=O)CC(C)C)CCN(C(C=C(C)C)CC(C)(C)c2ccc(Cl)cc2)CC1. The summed E-state index contributed by atoms with van der Waals surface area (Å²) in [4.78, 5) is 15.2. The summed E-state index contributed by atoms with van der Waals surface area (Å²) in [5.74, 6) is 0.303. The van der Waals surface area contributed by atoms with Gasteiger partial charge in [-0.15, -0.1) is 0 Å². The Hall–Kier alpha value is -1.32. The van der Waals surface area contributed by atoms with E-state index in [-0.39, 0.29) is 17.0 Å². The van der Waals surface area contributed by atoms with Gasteiger partial charge in [0, 0.05) is 30.6 Å². The molecule has 0 amide bonds. The summed E-state index contributed by atoms with van der Waals surface area (Å²) in [5, 5.41) is 0.780. The fourth-order valence-electron chi connectivity index (χ4n) is 5.00. The summed E-state index contributed by atoms with van der Waals surface area (Å²) in [6.07, 6.45) is 9.02. The Kier molecular flexibility index (Phi) is 10.5. The third-order valence-electron chi connectivity index (χ3n) is 6.94. The lowest BCUT2D eigenvalue weighted by Gasteiger charge is -2.45. The second-order valence-corrected chi connectivity index (χ2v) is 11.7. The number of hydrogen-bond donors (Lipinski definition) is 0. The lowest BCUT2D eigenvalue weighted by molar-refractivity contribution is -0.167. The maximum Gasteiger partial charge on any atom is 0.306 e. The van der Waals surface area contributed by atoms with E-state index in [1.165, 1.54) is 11.1 Å². The van der Waals surface area contributed by atoms with Crippen molar-refractivity contribution < 1.29 is 9.53 Å². The monoisotopic (exact) mass is 475 g/mol. The number of ether oxygens (including phenoxy) is 1. The Morgan fingerprint density at radius 3 is 2.30 bits per heavy atom. The molecule has 1 fully saturated rings. The van der Waals surface area contributed by atoms with E-state index in [4.69, 9.17) is 16.3 Å². The van der Waals surface area contributed by atoms with Crippen molar-refractivity contribution in [3.8, 4) is 0 Å². The van der Waals surface area contributed by atoms with Crippen LogP contribution in [0.4, 0.5) is 0 Å². The lowest BCUT2D eigenvalue weighted by atomic mass is 9.77. The Morgan fingerprint density at radius 1 is 1.18 bits per heavy atom. The number of hydrogen-bond acceptors (Lipinski definition) is 3. The highest BCUT2D eigenvalue weighted by Gasteiger charge is 2.40. The highest BCUT2D eigenvalue weighted by atomic mass is 35.5. The molecule has 33 heavy (non-hydrogen) atoms. The number of piperidine rings is 1. The topological polar surface area (TPSA) is 29.5 Å². The van der Waals surface area contributed by atoms with Crippen LogP contribution < -0.4 is 0 Å². The lowest BCUT2D eigenvalue weighted by Crippen LogP contribution is -2.51. The van der Waals surface area contributed by atoms with E-state index in [1.807, 2.05) is 12.1 Å². The molecule has 186 valence electrons. The zero-order chi connectivity index (χ0) is 24.6. The van der Waals surface area contributed by atoms with Gasteiger partial charge in [0.25, 0.3) is 0 Å². The molecular formula is C29H46ClNO2. The van der Waals surface area contributed by atoms with Crippen LogP contribution in [0.3, 0.4) is 0 Å². The van der Waals surface area contributed by atoms with Gasteiger partial charge in [-0.25, -0.2) is 0 Å². The van der Waals surface area contributed by atoms with Crippen molar-refractivity contribution in [2.45, 2.75) is 110 Å². The van der Waals surface area contributed by atoms with Gasteiger partial charge >= 0.3 is 5.97 Å². The van der Waals surface area contributed by atoms with Crippen LogP contribution in [0.5, 0.6) is 0 Å². The molecule has 2 rings (SSSR count). The van der Waals surface area contributed by atoms with Crippen LogP contribution in [0.25, 0.3) is 0 Å². The summed E-state index contributed by atoms with van der Waals surface area (Å²) >= 11 is 6.13. The minimum Gasteiger partial charge on any atom is -0.459 e.